The van der Waals surface area contributed by atoms with Crippen LogP contribution in [0.2, 0.25) is 0 Å². The van der Waals surface area contributed by atoms with Crippen LogP contribution in [-0.2, 0) is 10.0 Å². The Kier molecular flexibility index (Phi) is 5.02. The molecule has 2 rings (SSSR count). The molecular formula is C13H14Br2N2O2S2. The van der Waals surface area contributed by atoms with Crippen LogP contribution in [0.15, 0.2) is 36.7 Å². The summed E-state index contributed by atoms with van der Waals surface area (Å²) in [4.78, 5) is 1.86. The van der Waals surface area contributed by atoms with Crippen LogP contribution in [0.1, 0.15) is 5.56 Å². The number of aryl methyl sites for hydroxylation is 1. The molecule has 1 heterocycles. The van der Waals surface area contributed by atoms with E-state index in [2.05, 4.69) is 36.6 Å². The molecule has 21 heavy (non-hydrogen) atoms. The van der Waals surface area contributed by atoms with Crippen LogP contribution >= 0.6 is 43.2 Å². The topological polar surface area (TPSA) is 49.4 Å². The fraction of sp³-hybridized carbons (Fsp3) is 0.231. The standard InChI is InChI=1S/C13H14Br2N2O2S2/c1-8-6-12(20-13(8)15)21(18,19)16-10-7-9(14)4-5-11(10)17(2)3/h4-7,16H,1-3H3. The summed E-state index contributed by atoms with van der Waals surface area (Å²) in [5.74, 6) is 0. The lowest BCUT2D eigenvalue weighted by molar-refractivity contribution is 0.603. The molecule has 0 aliphatic rings. The van der Waals surface area contributed by atoms with E-state index in [-0.39, 0.29) is 4.21 Å². The van der Waals surface area contributed by atoms with Crippen LogP contribution in [0.4, 0.5) is 11.4 Å². The molecule has 0 amide bonds. The highest BCUT2D eigenvalue weighted by atomic mass is 79.9. The fourth-order valence-electron chi connectivity index (χ4n) is 1.74. The first-order valence-electron chi connectivity index (χ1n) is 5.96. The van der Waals surface area contributed by atoms with Crippen molar-refractivity contribution < 1.29 is 8.42 Å². The van der Waals surface area contributed by atoms with E-state index in [1.807, 2.05) is 38.1 Å². The Labute approximate surface area is 145 Å². The van der Waals surface area contributed by atoms with Gasteiger partial charge in [-0.1, -0.05) is 15.9 Å². The van der Waals surface area contributed by atoms with Crippen molar-refractivity contribution in [3.05, 3.63) is 38.1 Å². The number of hydrogen-bond donors (Lipinski definition) is 1. The van der Waals surface area contributed by atoms with Gasteiger partial charge in [0.25, 0.3) is 10.0 Å². The first-order chi connectivity index (χ1) is 9.70. The summed E-state index contributed by atoms with van der Waals surface area (Å²) in [5, 5.41) is 0. The first kappa shape index (κ1) is 16.8. The van der Waals surface area contributed by atoms with Crippen molar-refractivity contribution in [3.63, 3.8) is 0 Å². The molecule has 0 fully saturated rings. The lowest BCUT2D eigenvalue weighted by Crippen LogP contribution is -2.16. The highest BCUT2D eigenvalue weighted by Crippen LogP contribution is 2.34. The minimum absolute atomic E-state index is 0.288. The molecule has 0 unspecified atom stereocenters. The Bertz CT molecular complexity index is 751. The monoisotopic (exact) mass is 452 g/mol. The number of halogens is 2. The maximum absolute atomic E-state index is 12.5. The number of benzene rings is 1. The van der Waals surface area contributed by atoms with Crippen molar-refractivity contribution in [1.29, 1.82) is 0 Å². The second-order valence-corrected chi connectivity index (χ2v) is 9.88. The molecule has 4 nitrogen and oxygen atoms in total. The number of rotatable bonds is 4. The van der Waals surface area contributed by atoms with Crippen LogP contribution in [0.25, 0.3) is 0 Å². The van der Waals surface area contributed by atoms with Gasteiger partial charge in [0.2, 0.25) is 0 Å². The normalized spacial score (nSPS) is 11.5. The summed E-state index contributed by atoms with van der Waals surface area (Å²) in [5.41, 5.74) is 2.24. The maximum Gasteiger partial charge on any atom is 0.271 e. The average Bonchev–Trinajstić information content (AvgIpc) is 2.69. The zero-order valence-electron chi connectivity index (χ0n) is 11.6. The predicted molar refractivity (Wildman–Crippen MR) is 96.0 cm³/mol. The number of thiophene rings is 1. The summed E-state index contributed by atoms with van der Waals surface area (Å²) in [6.45, 7) is 1.87. The van der Waals surface area contributed by atoms with Gasteiger partial charge in [-0.3, -0.25) is 4.72 Å². The van der Waals surface area contributed by atoms with Gasteiger partial charge in [-0.05, 0) is 52.7 Å². The van der Waals surface area contributed by atoms with Gasteiger partial charge in [-0.2, -0.15) is 0 Å². The second kappa shape index (κ2) is 6.28. The minimum Gasteiger partial charge on any atom is -0.376 e. The van der Waals surface area contributed by atoms with Crippen LogP contribution in [-0.4, -0.2) is 22.5 Å². The van der Waals surface area contributed by atoms with E-state index in [0.29, 0.717) is 5.69 Å². The molecule has 8 heteroatoms. The van der Waals surface area contributed by atoms with E-state index < -0.39 is 10.0 Å². The fourth-order valence-corrected chi connectivity index (χ4v) is 5.39. The van der Waals surface area contributed by atoms with Crippen molar-refractivity contribution in [2.75, 3.05) is 23.7 Å². The average molecular weight is 454 g/mol. The smallest absolute Gasteiger partial charge is 0.271 e. The Morgan fingerprint density at radius 2 is 1.86 bits per heavy atom. The Morgan fingerprint density at radius 1 is 1.19 bits per heavy atom. The summed E-state index contributed by atoms with van der Waals surface area (Å²) in [6.07, 6.45) is 0. The van der Waals surface area contributed by atoms with Crippen LogP contribution in [0.3, 0.4) is 0 Å². The highest BCUT2D eigenvalue weighted by Gasteiger charge is 2.20. The van der Waals surface area contributed by atoms with Crippen molar-refractivity contribution >= 4 is 64.6 Å². The quantitative estimate of drug-likeness (QED) is 0.743. The zero-order chi connectivity index (χ0) is 15.8. The molecule has 0 atom stereocenters. The molecule has 0 saturated heterocycles. The molecule has 0 aliphatic heterocycles. The third kappa shape index (κ3) is 3.80. The van der Waals surface area contributed by atoms with Crippen LogP contribution in [0, 0.1) is 6.92 Å². The molecular weight excluding hydrogens is 440 g/mol. The molecule has 0 spiro atoms. The SMILES string of the molecule is Cc1cc(S(=O)(=O)Nc2cc(Br)ccc2N(C)C)sc1Br. The van der Waals surface area contributed by atoms with Gasteiger partial charge in [0.15, 0.2) is 0 Å². The largest absolute Gasteiger partial charge is 0.376 e. The van der Waals surface area contributed by atoms with E-state index in [0.717, 1.165) is 19.5 Å². The molecule has 0 radical (unpaired) electrons. The third-order valence-corrected chi connectivity index (χ3v) is 7.25. The highest BCUT2D eigenvalue weighted by molar-refractivity contribution is 9.11. The summed E-state index contributed by atoms with van der Waals surface area (Å²) < 4.78 is 29.6. The van der Waals surface area contributed by atoms with Crippen LogP contribution < -0.4 is 9.62 Å². The van der Waals surface area contributed by atoms with Gasteiger partial charge >= 0.3 is 0 Å². The molecule has 1 N–H and O–H groups in total. The molecule has 1 aromatic carbocycles. The van der Waals surface area contributed by atoms with E-state index >= 15 is 0 Å². The number of anilines is 2. The summed E-state index contributed by atoms with van der Waals surface area (Å²) in [7, 11) is 0.139. The van der Waals surface area contributed by atoms with Crippen molar-refractivity contribution in [2.45, 2.75) is 11.1 Å². The van der Waals surface area contributed by atoms with Gasteiger partial charge in [0.05, 0.1) is 15.2 Å². The van der Waals surface area contributed by atoms with Crippen molar-refractivity contribution in [1.82, 2.24) is 0 Å². The predicted octanol–water partition coefficient (Wildman–Crippen LogP) is 4.45. The van der Waals surface area contributed by atoms with E-state index in [1.165, 1.54) is 11.3 Å². The summed E-state index contributed by atoms with van der Waals surface area (Å²) in [6, 6.07) is 7.14. The number of sulfonamides is 1. The molecule has 0 saturated carbocycles. The Hall–Kier alpha value is -0.570. The molecule has 114 valence electrons. The molecule has 2 aromatic rings. The molecule has 1 aromatic heterocycles. The van der Waals surface area contributed by atoms with E-state index in [1.54, 1.807) is 12.1 Å². The number of nitrogens with one attached hydrogen (secondary N) is 1. The zero-order valence-corrected chi connectivity index (χ0v) is 16.5. The van der Waals surface area contributed by atoms with Crippen molar-refractivity contribution in [2.24, 2.45) is 0 Å². The third-order valence-electron chi connectivity index (χ3n) is 2.78. The number of nitrogens with zero attached hydrogens (tertiary/aromatic N) is 1. The Morgan fingerprint density at radius 3 is 2.38 bits per heavy atom. The first-order valence-corrected chi connectivity index (χ1v) is 9.85. The summed E-state index contributed by atoms with van der Waals surface area (Å²) >= 11 is 7.92. The van der Waals surface area contributed by atoms with Gasteiger partial charge in [-0.25, -0.2) is 8.42 Å². The van der Waals surface area contributed by atoms with E-state index in [9.17, 15) is 8.42 Å². The molecule has 0 aliphatic carbocycles. The molecule has 0 bridgehead atoms. The van der Waals surface area contributed by atoms with Gasteiger partial charge < -0.3 is 4.90 Å². The van der Waals surface area contributed by atoms with Crippen molar-refractivity contribution in [3.8, 4) is 0 Å². The van der Waals surface area contributed by atoms with Crippen LogP contribution in [0.5, 0.6) is 0 Å². The minimum atomic E-state index is -3.60. The van der Waals surface area contributed by atoms with Gasteiger partial charge in [-0.15, -0.1) is 11.3 Å². The maximum atomic E-state index is 12.5. The Balaban J connectivity index is 2.43. The number of hydrogen-bond acceptors (Lipinski definition) is 4. The lowest BCUT2D eigenvalue weighted by atomic mass is 10.2. The van der Waals surface area contributed by atoms with Gasteiger partial charge in [0.1, 0.15) is 4.21 Å². The van der Waals surface area contributed by atoms with Gasteiger partial charge in [0, 0.05) is 18.6 Å². The lowest BCUT2D eigenvalue weighted by Gasteiger charge is -2.18. The second-order valence-electron chi connectivity index (χ2n) is 4.68. The van der Waals surface area contributed by atoms with E-state index in [4.69, 9.17) is 0 Å².